The van der Waals surface area contributed by atoms with Crippen molar-refractivity contribution in [2.45, 2.75) is 0 Å². The number of hydrogen-bond donors (Lipinski definition) is 1. The summed E-state index contributed by atoms with van der Waals surface area (Å²) in [6.07, 6.45) is 0. The Labute approximate surface area is 113 Å². The monoisotopic (exact) mass is 309 g/mol. The van der Waals surface area contributed by atoms with Gasteiger partial charge in [0.25, 0.3) is 0 Å². The van der Waals surface area contributed by atoms with Gasteiger partial charge in [-0.05, 0) is 29.8 Å². The Bertz CT molecular complexity index is 566. The molecule has 0 aliphatic rings. The third-order valence-electron chi connectivity index (χ3n) is 2.41. The highest BCUT2D eigenvalue weighted by atomic mass is 79.9. The molecular weight excluding hydrogens is 302 g/mol. The molecule has 1 amide bonds. The van der Waals surface area contributed by atoms with E-state index in [0.717, 1.165) is 15.6 Å². The number of amides is 1. The minimum Gasteiger partial charge on any atom is -0.366 e. The molecule has 0 aromatic heterocycles. The van der Waals surface area contributed by atoms with Crippen molar-refractivity contribution < 1.29 is 4.79 Å². The topological polar surface area (TPSA) is 43.1 Å². The van der Waals surface area contributed by atoms with Gasteiger partial charge < -0.3 is 5.73 Å². The summed E-state index contributed by atoms with van der Waals surface area (Å²) < 4.78 is 0.931. The molecule has 86 valence electrons. The molecule has 0 aliphatic carbocycles. The van der Waals surface area contributed by atoms with Crippen LogP contribution in [-0.4, -0.2) is 5.91 Å². The molecule has 0 radical (unpaired) electrons. The number of carbonyl (C=O) groups is 1. The predicted octanol–water partition coefficient (Wildman–Crippen LogP) is 3.87. The number of primary amides is 1. The Balaban J connectivity index is 2.43. The molecule has 0 atom stereocenters. The van der Waals surface area contributed by atoms with Crippen molar-refractivity contribution in [1.29, 1.82) is 0 Å². The molecule has 0 aliphatic heterocycles. The normalized spacial score (nSPS) is 10.2. The lowest BCUT2D eigenvalue weighted by Crippen LogP contribution is -2.10. The molecule has 2 N–H and O–H groups in total. The molecule has 0 saturated carbocycles. The van der Waals surface area contributed by atoms with Gasteiger partial charge >= 0.3 is 0 Å². The highest BCUT2D eigenvalue weighted by Crippen LogP contribution is 2.30. The maximum absolute atomic E-state index is 11.0. The lowest BCUT2D eigenvalue weighted by atomic mass is 10.0. The van der Waals surface area contributed by atoms with Crippen molar-refractivity contribution >= 4 is 33.4 Å². The predicted molar refractivity (Wildman–Crippen MR) is 73.1 cm³/mol. The van der Waals surface area contributed by atoms with Crippen LogP contribution in [0.1, 0.15) is 10.4 Å². The molecule has 4 heteroatoms. The Morgan fingerprint density at radius 3 is 2.29 bits per heavy atom. The van der Waals surface area contributed by atoms with E-state index in [0.29, 0.717) is 10.6 Å². The number of nitrogens with two attached hydrogens (primary N) is 1. The molecule has 0 bridgehead atoms. The third-order valence-corrected chi connectivity index (χ3v) is 3.22. The average molecular weight is 311 g/mol. The van der Waals surface area contributed by atoms with E-state index in [-0.39, 0.29) is 0 Å². The summed E-state index contributed by atoms with van der Waals surface area (Å²) in [5.41, 5.74) is 7.54. The third kappa shape index (κ3) is 2.68. The average Bonchev–Trinajstić information content (AvgIpc) is 2.29. The van der Waals surface area contributed by atoms with Crippen LogP contribution in [0.15, 0.2) is 46.9 Å². The number of benzene rings is 2. The number of rotatable bonds is 2. The standard InChI is InChI=1S/C13H9BrClNO/c14-10-5-6-11(12(15)7-10)8-1-3-9(4-2-8)13(16)17/h1-7H,(H2,16,17). The molecule has 0 fully saturated rings. The first kappa shape index (κ1) is 12.1. The van der Waals surface area contributed by atoms with Crippen LogP contribution in [-0.2, 0) is 0 Å². The molecule has 0 spiro atoms. The Hall–Kier alpha value is -1.32. The van der Waals surface area contributed by atoms with Gasteiger partial charge in [0, 0.05) is 20.6 Å². The quantitative estimate of drug-likeness (QED) is 0.899. The minimum absolute atomic E-state index is 0.432. The van der Waals surface area contributed by atoms with Crippen LogP contribution in [0.25, 0.3) is 11.1 Å². The fourth-order valence-electron chi connectivity index (χ4n) is 1.54. The Kier molecular flexibility index (Phi) is 3.50. The van der Waals surface area contributed by atoms with E-state index in [1.807, 2.05) is 30.3 Å². The highest BCUT2D eigenvalue weighted by Gasteiger charge is 2.05. The summed E-state index contributed by atoms with van der Waals surface area (Å²) in [6.45, 7) is 0. The summed E-state index contributed by atoms with van der Waals surface area (Å²) in [7, 11) is 0. The van der Waals surface area contributed by atoms with Gasteiger partial charge in [-0.2, -0.15) is 0 Å². The van der Waals surface area contributed by atoms with E-state index < -0.39 is 5.91 Å². The lowest BCUT2D eigenvalue weighted by molar-refractivity contribution is 0.100. The Morgan fingerprint density at radius 2 is 1.76 bits per heavy atom. The van der Waals surface area contributed by atoms with Gasteiger partial charge in [0.1, 0.15) is 0 Å². The van der Waals surface area contributed by atoms with E-state index in [1.54, 1.807) is 12.1 Å². The van der Waals surface area contributed by atoms with Crippen LogP contribution in [0.2, 0.25) is 5.02 Å². The highest BCUT2D eigenvalue weighted by molar-refractivity contribution is 9.10. The largest absolute Gasteiger partial charge is 0.366 e. The lowest BCUT2D eigenvalue weighted by Gasteiger charge is -2.05. The van der Waals surface area contributed by atoms with Gasteiger partial charge in [0.2, 0.25) is 5.91 Å². The summed E-state index contributed by atoms with van der Waals surface area (Å²) in [6, 6.07) is 12.7. The fraction of sp³-hybridized carbons (Fsp3) is 0. The van der Waals surface area contributed by atoms with Crippen LogP contribution in [0.3, 0.4) is 0 Å². The van der Waals surface area contributed by atoms with E-state index in [9.17, 15) is 4.79 Å². The van der Waals surface area contributed by atoms with Gasteiger partial charge in [-0.25, -0.2) is 0 Å². The van der Waals surface area contributed by atoms with E-state index >= 15 is 0 Å². The zero-order chi connectivity index (χ0) is 12.4. The Morgan fingerprint density at radius 1 is 1.12 bits per heavy atom. The van der Waals surface area contributed by atoms with E-state index in [1.165, 1.54) is 0 Å². The maximum Gasteiger partial charge on any atom is 0.248 e. The van der Waals surface area contributed by atoms with Gasteiger partial charge in [-0.15, -0.1) is 0 Å². The van der Waals surface area contributed by atoms with Crippen LogP contribution >= 0.6 is 27.5 Å². The smallest absolute Gasteiger partial charge is 0.248 e. The first-order valence-electron chi connectivity index (χ1n) is 4.93. The summed E-state index contributed by atoms with van der Waals surface area (Å²) in [4.78, 5) is 11.0. The molecule has 17 heavy (non-hydrogen) atoms. The van der Waals surface area contributed by atoms with Gasteiger partial charge in [0.15, 0.2) is 0 Å². The summed E-state index contributed by atoms with van der Waals surface area (Å²) in [5, 5.41) is 0.659. The van der Waals surface area contributed by atoms with Crippen molar-refractivity contribution in [1.82, 2.24) is 0 Å². The summed E-state index contributed by atoms with van der Waals surface area (Å²) >= 11 is 9.50. The van der Waals surface area contributed by atoms with Gasteiger partial charge in [-0.3, -0.25) is 4.79 Å². The van der Waals surface area contributed by atoms with Crippen molar-refractivity contribution in [3.05, 3.63) is 57.5 Å². The van der Waals surface area contributed by atoms with Crippen molar-refractivity contribution in [2.24, 2.45) is 5.73 Å². The molecule has 0 saturated heterocycles. The van der Waals surface area contributed by atoms with Crippen molar-refractivity contribution in [3.63, 3.8) is 0 Å². The molecule has 2 aromatic rings. The molecule has 0 heterocycles. The minimum atomic E-state index is -0.432. The van der Waals surface area contributed by atoms with E-state index in [4.69, 9.17) is 17.3 Å². The zero-order valence-corrected chi connectivity index (χ0v) is 11.1. The number of hydrogen-bond acceptors (Lipinski definition) is 1. The molecule has 2 aromatic carbocycles. The first-order valence-corrected chi connectivity index (χ1v) is 6.10. The van der Waals surface area contributed by atoms with Gasteiger partial charge in [-0.1, -0.05) is 45.7 Å². The molecule has 0 unspecified atom stereocenters. The second kappa shape index (κ2) is 4.90. The van der Waals surface area contributed by atoms with Crippen LogP contribution < -0.4 is 5.73 Å². The second-order valence-corrected chi connectivity index (χ2v) is 4.89. The summed E-state index contributed by atoms with van der Waals surface area (Å²) in [5.74, 6) is -0.432. The maximum atomic E-state index is 11.0. The zero-order valence-electron chi connectivity index (χ0n) is 8.78. The fourth-order valence-corrected chi connectivity index (χ4v) is 2.32. The van der Waals surface area contributed by atoms with E-state index in [2.05, 4.69) is 15.9 Å². The SMILES string of the molecule is NC(=O)c1ccc(-c2ccc(Br)cc2Cl)cc1. The second-order valence-electron chi connectivity index (χ2n) is 3.57. The van der Waals surface area contributed by atoms with Crippen LogP contribution in [0.5, 0.6) is 0 Å². The number of carbonyl (C=O) groups excluding carboxylic acids is 1. The number of halogens is 2. The molecular formula is C13H9BrClNO. The van der Waals surface area contributed by atoms with Crippen molar-refractivity contribution in [3.8, 4) is 11.1 Å². The van der Waals surface area contributed by atoms with Crippen LogP contribution in [0.4, 0.5) is 0 Å². The molecule has 2 nitrogen and oxygen atoms in total. The molecule has 2 rings (SSSR count). The first-order chi connectivity index (χ1) is 8.08. The van der Waals surface area contributed by atoms with Gasteiger partial charge in [0.05, 0.1) is 0 Å². The van der Waals surface area contributed by atoms with Crippen molar-refractivity contribution in [2.75, 3.05) is 0 Å². The van der Waals surface area contributed by atoms with Crippen LogP contribution in [0, 0.1) is 0 Å².